The standard InChI is InChI=1S/C18H27N3O2/c1-12-16(19-13(2)17(12)14(3)22)11-15-7-10-21(18(15)23)9-6-8-20(4)5/h11,19H,6-10H2,1-5H3/b15-11-. The van der Waals surface area contributed by atoms with E-state index >= 15 is 0 Å². The van der Waals surface area contributed by atoms with Crippen LogP contribution in [0.25, 0.3) is 6.08 Å². The summed E-state index contributed by atoms with van der Waals surface area (Å²) in [6.45, 7) is 7.98. The van der Waals surface area contributed by atoms with Gasteiger partial charge in [0.2, 0.25) is 5.91 Å². The normalized spacial score (nSPS) is 16.9. The minimum Gasteiger partial charge on any atom is -0.358 e. The van der Waals surface area contributed by atoms with Crippen LogP contribution in [0.5, 0.6) is 0 Å². The summed E-state index contributed by atoms with van der Waals surface area (Å²) in [4.78, 5) is 31.5. The summed E-state index contributed by atoms with van der Waals surface area (Å²) in [5, 5.41) is 0. The van der Waals surface area contributed by atoms with E-state index in [1.54, 1.807) is 6.92 Å². The van der Waals surface area contributed by atoms with Crippen LogP contribution in [0.3, 0.4) is 0 Å². The third kappa shape index (κ3) is 3.91. The Morgan fingerprint density at radius 1 is 1.35 bits per heavy atom. The van der Waals surface area contributed by atoms with E-state index in [4.69, 9.17) is 0 Å². The van der Waals surface area contributed by atoms with Crippen molar-refractivity contribution < 1.29 is 9.59 Å². The molecule has 126 valence electrons. The molecule has 23 heavy (non-hydrogen) atoms. The molecule has 2 heterocycles. The van der Waals surface area contributed by atoms with Gasteiger partial charge < -0.3 is 14.8 Å². The number of H-pyrrole nitrogens is 1. The Labute approximate surface area is 138 Å². The fraction of sp³-hybridized carbons (Fsp3) is 0.556. The summed E-state index contributed by atoms with van der Waals surface area (Å²) in [6.07, 6.45) is 3.68. The summed E-state index contributed by atoms with van der Waals surface area (Å²) in [6, 6.07) is 0. The zero-order valence-electron chi connectivity index (χ0n) is 14.8. The van der Waals surface area contributed by atoms with Crippen LogP contribution in [-0.2, 0) is 4.79 Å². The summed E-state index contributed by atoms with van der Waals surface area (Å²) in [5.41, 5.74) is 4.25. The third-order valence-electron chi connectivity index (χ3n) is 4.39. The molecule has 1 aromatic heterocycles. The SMILES string of the molecule is CC(=O)c1c(C)[nH]c(/C=C2/CCN(CCCN(C)C)C2=O)c1C. The molecule has 0 radical (unpaired) electrons. The lowest BCUT2D eigenvalue weighted by atomic mass is 10.1. The number of carbonyl (C=O) groups excluding carboxylic acids is 2. The van der Waals surface area contributed by atoms with E-state index < -0.39 is 0 Å². The Kier molecular flexibility index (Phi) is 5.42. The second-order valence-electron chi connectivity index (χ2n) is 6.59. The smallest absolute Gasteiger partial charge is 0.249 e. The number of aromatic amines is 1. The maximum Gasteiger partial charge on any atom is 0.249 e. The fourth-order valence-corrected chi connectivity index (χ4v) is 3.21. The molecule has 1 aliphatic heterocycles. The van der Waals surface area contributed by atoms with Crippen LogP contribution in [0.2, 0.25) is 0 Å². The number of ketones is 1. The Bertz CT molecular complexity index is 641. The maximum absolute atomic E-state index is 12.5. The average Bonchev–Trinajstić information content (AvgIpc) is 2.92. The van der Waals surface area contributed by atoms with E-state index in [2.05, 4.69) is 9.88 Å². The number of hydrogen-bond acceptors (Lipinski definition) is 3. The van der Waals surface area contributed by atoms with Gasteiger partial charge in [0.1, 0.15) is 0 Å². The van der Waals surface area contributed by atoms with Crippen molar-refractivity contribution in [3.05, 3.63) is 28.1 Å². The predicted octanol–water partition coefficient (Wildman–Crippen LogP) is 2.40. The van der Waals surface area contributed by atoms with E-state index in [1.807, 2.05) is 38.9 Å². The molecule has 1 N–H and O–H groups in total. The number of rotatable bonds is 6. The summed E-state index contributed by atoms with van der Waals surface area (Å²) in [7, 11) is 4.08. The molecule has 5 heteroatoms. The molecule has 5 nitrogen and oxygen atoms in total. The second-order valence-corrected chi connectivity index (χ2v) is 6.59. The Morgan fingerprint density at radius 3 is 2.61 bits per heavy atom. The minimum atomic E-state index is 0.0592. The number of hydrogen-bond donors (Lipinski definition) is 1. The Morgan fingerprint density at radius 2 is 2.04 bits per heavy atom. The lowest BCUT2D eigenvalue weighted by molar-refractivity contribution is -0.124. The largest absolute Gasteiger partial charge is 0.358 e. The van der Waals surface area contributed by atoms with Crippen LogP contribution in [0.1, 0.15) is 47.1 Å². The first-order valence-corrected chi connectivity index (χ1v) is 8.16. The Balaban J connectivity index is 2.11. The van der Waals surface area contributed by atoms with E-state index in [0.717, 1.165) is 60.6 Å². The van der Waals surface area contributed by atoms with Gasteiger partial charge in [-0.3, -0.25) is 9.59 Å². The van der Waals surface area contributed by atoms with Crippen molar-refractivity contribution in [1.29, 1.82) is 0 Å². The van der Waals surface area contributed by atoms with E-state index in [0.29, 0.717) is 0 Å². The average molecular weight is 317 g/mol. The molecular formula is C18H27N3O2. The van der Waals surface area contributed by atoms with Crippen molar-refractivity contribution in [2.24, 2.45) is 0 Å². The number of nitrogens with zero attached hydrogens (tertiary/aromatic N) is 2. The van der Waals surface area contributed by atoms with Gasteiger partial charge in [-0.25, -0.2) is 0 Å². The molecule has 1 aliphatic rings. The topological polar surface area (TPSA) is 56.4 Å². The first-order valence-electron chi connectivity index (χ1n) is 8.16. The lowest BCUT2D eigenvalue weighted by Gasteiger charge is -2.16. The molecule has 1 amide bonds. The zero-order chi connectivity index (χ0) is 17.1. The lowest BCUT2D eigenvalue weighted by Crippen LogP contribution is -2.28. The molecule has 1 saturated heterocycles. The molecular weight excluding hydrogens is 290 g/mol. The van der Waals surface area contributed by atoms with Crippen LogP contribution < -0.4 is 0 Å². The third-order valence-corrected chi connectivity index (χ3v) is 4.39. The van der Waals surface area contributed by atoms with Gasteiger partial charge in [0.15, 0.2) is 5.78 Å². The number of nitrogens with one attached hydrogen (secondary N) is 1. The second kappa shape index (κ2) is 7.13. The number of Topliss-reactive ketones (excluding diaryl/α,β-unsaturated/α-hetero) is 1. The maximum atomic E-state index is 12.5. The summed E-state index contributed by atoms with van der Waals surface area (Å²) >= 11 is 0. The highest BCUT2D eigenvalue weighted by Gasteiger charge is 2.26. The van der Waals surface area contributed by atoms with Gasteiger partial charge in [0, 0.05) is 35.6 Å². The molecule has 1 fully saturated rings. The van der Waals surface area contributed by atoms with Crippen molar-refractivity contribution in [3.63, 3.8) is 0 Å². The van der Waals surface area contributed by atoms with Crippen LogP contribution in [-0.4, -0.2) is 60.2 Å². The van der Waals surface area contributed by atoms with Gasteiger partial charge >= 0.3 is 0 Å². The fourth-order valence-electron chi connectivity index (χ4n) is 3.21. The predicted molar refractivity (Wildman–Crippen MR) is 92.6 cm³/mol. The monoisotopic (exact) mass is 317 g/mol. The molecule has 0 aromatic carbocycles. The van der Waals surface area contributed by atoms with Crippen molar-refractivity contribution in [1.82, 2.24) is 14.8 Å². The van der Waals surface area contributed by atoms with Crippen molar-refractivity contribution in [3.8, 4) is 0 Å². The number of carbonyl (C=O) groups is 2. The highest BCUT2D eigenvalue weighted by molar-refractivity contribution is 6.01. The molecule has 1 aromatic rings. The zero-order valence-corrected chi connectivity index (χ0v) is 14.8. The number of aryl methyl sites for hydroxylation is 1. The number of aromatic nitrogens is 1. The molecule has 0 bridgehead atoms. The highest BCUT2D eigenvalue weighted by Crippen LogP contribution is 2.24. The molecule has 0 atom stereocenters. The van der Waals surface area contributed by atoms with Gasteiger partial charge in [0.25, 0.3) is 0 Å². The molecule has 0 unspecified atom stereocenters. The molecule has 0 saturated carbocycles. The van der Waals surface area contributed by atoms with Gasteiger partial charge in [-0.2, -0.15) is 0 Å². The molecule has 0 aliphatic carbocycles. The van der Waals surface area contributed by atoms with E-state index in [-0.39, 0.29) is 11.7 Å². The van der Waals surface area contributed by atoms with Gasteiger partial charge in [-0.05, 0) is 65.9 Å². The van der Waals surface area contributed by atoms with Crippen molar-refractivity contribution >= 4 is 17.8 Å². The number of amides is 1. The number of likely N-dealkylation sites (tertiary alicyclic amines) is 1. The van der Waals surface area contributed by atoms with E-state index in [9.17, 15) is 9.59 Å². The van der Waals surface area contributed by atoms with Crippen LogP contribution in [0, 0.1) is 13.8 Å². The van der Waals surface area contributed by atoms with Crippen LogP contribution in [0.15, 0.2) is 5.57 Å². The molecule has 2 rings (SSSR count). The van der Waals surface area contributed by atoms with Gasteiger partial charge in [0.05, 0.1) is 0 Å². The Hall–Kier alpha value is -1.88. The van der Waals surface area contributed by atoms with Crippen molar-refractivity contribution in [2.45, 2.75) is 33.6 Å². The van der Waals surface area contributed by atoms with Crippen LogP contribution >= 0.6 is 0 Å². The van der Waals surface area contributed by atoms with E-state index in [1.165, 1.54) is 0 Å². The summed E-state index contributed by atoms with van der Waals surface area (Å²) < 4.78 is 0. The minimum absolute atomic E-state index is 0.0592. The first-order chi connectivity index (χ1) is 10.8. The van der Waals surface area contributed by atoms with Gasteiger partial charge in [-0.1, -0.05) is 0 Å². The van der Waals surface area contributed by atoms with Crippen LogP contribution in [0.4, 0.5) is 0 Å². The summed E-state index contributed by atoms with van der Waals surface area (Å²) in [5.74, 6) is 0.184. The quantitative estimate of drug-likeness (QED) is 0.647. The molecule has 0 spiro atoms. The van der Waals surface area contributed by atoms with Gasteiger partial charge in [-0.15, -0.1) is 0 Å². The highest BCUT2D eigenvalue weighted by atomic mass is 16.2. The first kappa shape index (κ1) is 17.5. The van der Waals surface area contributed by atoms with Crippen molar-refractivity contribution in [2.75, 3.05) is 33.7 Å².